The van der Waals surface area contributed by atoms with Crippen LogP contribution in [-0.2, 0) is 6.54 Å². The molecule has 1 aliphatic carbocycles. The number of fused-ring (bicyclic) bond motifs is 1. The van der Waals surface area contributed by atoms with E-state index in [1.807, 2.05) is 28.9 Å². The average molecular weight is 479 g/mol. The van der Waals surface area contributed by atoms with Gasteiger partial charge in [0.25, 0.3) is 0 Å². The van der Waals surface area contributed by atoms with Crippen molar-refractivity contribution in [2.45, 2.75) is 25.3 Å². The first-order valence-corrected chi connectivity index (χ1v) is 11.5. The molecule has 0 amide bonds. The first kappa shape index (κ1) is 21.7. The van der Waals surface area contributed by atoms with Crippen LogP contribution in [0.5, 0.6) is 11.8 Å². The van der Waals surface area contributed by atoms with E-state index in [1.54, 1.807) is 37.4 Å². The van der Waals surface area contributed by atoms with Gasteiger partial charge >= 0.3 is 0 Å². The number of nitrogens with zero attached hydrogens (tertiary/aromatic N) is 8. The van der Waals surface area contributed by atoms with Crippen molar-refractivity contribution in [1.29, 1.82) is 0 Å². The molecular weight excluding hydrogens is 456 g/mol. The smallest absolute Gasteiger partial charge is 0.227 e. The number of hydrogen-bond donors (Lipinski definition) is 0. The molecule has 10 nitrogen and oxygen atoms in total. The van der Waals surface area contributed by atoms with Crippen molar-refractivity contribution in [2.75, 3.05) is 14.2 Å². The molecule has 1 saturated carbocycles. The van der Waals surface area contributed by atoms with Gasteiger partial charge in [0.2, 0.25) is 11.8 Å². The number of ether oxygens (including phenoxy) is 2. The molecule has 1 aromatic carbocycles. The molecular formula is C26H22N8O2. The van der Waals surface area contributed by atoms with Crippen LogP contribution in [-0.4, -0.2) is 53.7 Å². The Kier molecular flexibility index (Phi) is 5.30. The molecule has 0 aliphatic heterocycles. The van der Waals surface area contributed by atoms with Crippen LogP contribution in [0.2, 0.25) is 0 Å². The molecule has 0 spiro atoms. The summed E-state index contributed by atoms with van der Waals surface area (Å²) >= 11 is 0. The summed E-state index contributed by atoms with van der Waals surface area (Å²) in [6.07, 6.45) is 12.8. The summed E-state index contributed by atoms with van der Waals surface area (Å²) in [5.41, 5.74) is 4.82. The lowest BCUT2D eigenvalue weighted by atomic mass is 10.1. The van der Waals surface area contributed by atoms with Gasteiger partial charge in [0.1, 0.15) is 17.6 Å². The van der Waals surface area contributed by atoms with Crippen LogP contribution in [0, 0.1) is 12.3 Å². The molecule has 6 rings (SSSR count). The van der Waals surface area contributed by atoms with E-state index in [1.165, 1.54) is 6.33 Å². The predicted octanol–water partition coefficient (Wildman–Crippen LogP) is 3.39. The lowest BCUT2D eigenvalue weighted by Gasteiger charge is -2.11. The van der Waals surface area contributed by atoms with Gasteiger partial charge in [-0.05, 0) is 36.5 Å². The Hall–Kier alpha value is -4.78. The lowest BCUT2D eigenvalue weighted by molar-refractivity contribution is 0.383. The minimum Gasteiger partial charge on any atom is -0.481 e. The van der Waals surface area contributed by atoms with Crippen molar-refractivity contribution >= 4 is 11.0 Å². The number of methoxy groups -OCH3 is 2. The van der Waals surface area contributed by atoms with Crippen LogP contribution >= 0.6 is 0 Å². The molecule has 4 heterocycles. The van der Waals surface area contributed by atoms with Gasteiger partial charge in [0, 0.05) is 18.2 Å². The SMILES string of the molecule is C#Cc1cc(OC)n(-c2ccc(Cn3ncc4cnc(-c5c(OC)ncnc5C5CC5)nc43)cc2)n1. The Balaban J connectivity index is 1.33. The highest BCUT2D eigenvalue weighted by molar-refractivity contribution is 5.77. The highest BCUT2D eigenvalue weighted by atomic mass is 16.5. The largest absolute Gasteiger partial charge is 0.481 e. The van der Waals surface area contributed by atoms with E-state index < -0.39 is 0 Å². The van der Waals surface area contributed by atoms with Gasteiger partial charge in [-0.25, -0.2) is 24.6 Å². The fourth-order valence-electron chi connectivity index (χ4n) is 4.20. The van der Waals surface area contributed by atoms with E-state index in [9.17, 15) is 0 Å². The number of hydrogen-bond acceptors (Lipinski definition) is 8. The van der Waals surface area contributed by atoms with Crippen LogP contribution in [0.25, 0.3) is 28.1 Å². The summed E-state index contributed by atoms with van der Waals surface area (Å²) < 4.78 is 14.5. The monoisotopic (exact) mass is 478 g/mol. The van der Waals surface area contributed by atoms with Crippen molar-refractivity contribution in [3.63, 3.8) is 0 Å². The minimum atomic E-state index is 0.393. The zero-order chi connectivity index (χ0) is 24.6. The molecule has 10 heteroatoms. The van der Waals surface area contributed by atoms with E-state index in [0.29, 0.717) is 35.7 Å². The topological polar surface area (TPSA) is 106 Å². The highest BCUT2D eigenvalue weighted by Gasteiger charge is 2.31. The third-order valence-electron chi connectivity index (χ3n) is 6.15. The van der Waals surface area contributed by atoms with Crippen molar-refractivity contribution in [1.82, 2.24) is 39.5 Å². The van der Waals surface area contributed by atoms with Gasteiger partial charge in [-0.15, -0.1) is 6.42 Å². The second-order valence-corrected chi connectivity index (χ2v) is 8.49. The Morgan fingerprint density at radius 2 is 1.89 bits per heavy atom. The molecule has 0 bridgehead atoms. The molecule has 0 radical (unpaired) electrons. The summed E-state index contributed by atoms with van der Waals surface area (Å²) in [6.45, 7) is 0.532. The lowest BCUT2D eigenvalue weighted by Crippen LogP contribution is -2.06. The van der Waals surface area contributed by atoms with Crippen molar-refractivity contribution in [3.8, 4) is 41.2 Å². The van der Waals surface area contributed by atoms with Crippen molar-refractivity contribution in [2.24, 2.45) is 0 Å². The quantitative estimate of drug-likeness (QED) is 0.328. The van der Waals surface area contributed by atoms with E-state index in [-0.39, 0.29) is 0 Å². The highest BCUT2D eigenvalue weighted by Crippen LogP contribution is 2.44. The summed E-state index contributed by atoms with van der Waals surface area (Å²) in [7, 11) is 3.19. The molecule has 0 atom stereocenters. The van der Waals surface area contributed by atoms with Crippen LogP contribution in [0.1, 0.15) is 35.7 Å². The molecule has 36 heavy (non-hydrogen) atoms. The summed E-state index contributed by atoms with van der Waals surface area (Å²) in [4.78, 5) is 18.3. The zero-order valence-corrected chi connectivity index (χ0v) is 19.8. The third kappa shape index (κ3) is 3.80. The van der Waals surface area contributed by atoms with Crippen LogP contribution in [0.4, 0.5) is 0 Å². The van der Waals surface area contributed by atoms with E-state index in [4.69, 9.17) is 20.9 Å². The summed E-state index contributed by atoms with van der Waals surface area (Å²) in [5, 5.41) is 9.79. The fraction of sp³-hybridized carbons (Fsp3) is 0.231. The van der Waals surface area contributed by atoms with Crippen LogP contribution < -0.4 is 9.47 Å². The predicted molar refractivity (Wildman–Crippen MR) is 132 cm³/mol. The third-order valence-corrected chi connectivity index (χ3v) is 6.15. The summed E-state index contributed by atoms with van der Waals surface area (Å²) in [5.74, 6) is 4.52. The maximum atomic E-state index is 5.53. The molecule has 1 fully saturated rings. The zero-order valence-electron chi connectivity index (χ0n) is 19.8. The Morgan fingerprint density at radius 1 is 1.06 bits per heavy atom. The van der Waals surface area contributed by atoms with Crippen LogP contribution in [0.3, 0.4) is 0 Å². The molecule has 0 N–H and O–H groups in total. The Labute approximate surface area is 207 Å². The van der Waals surface area contributed by atoms with Gasteiger partial charge in [-0.1, -0.05) is 12.1 Å². The molecule has 0 unspecified atom stereocenters. The van der Waals surface area contributed by atoms with Gasteiger partial charge < -0.3 is 9.47 Å². The minimum absolute atomic E-state index is 0.393. The van der Waals surface area contributed by atoms with E-state index in [0.717, 1.165) is 46.4 Å². The van der Waals surface area contributed by atoms with E-state index in [2.05, 4.69) is 31.1 Å². The molecule has 1 aliphatic rings. The second-order valence-electron chi connectivity index (χ2n) is 8.49. The maximum absolute atomic E-state index is 5.53. The molecule has 0 saturated heterocycles. The number of benzene rings is 1. The second kappa shape index (κ2) is 8.78. The standard InChI is InChI=1S/C26H22N8O2/c1-4-19-11-21(35-2)34(32-19)20-9-5-16(6-10-20)14-33-25-18(13-30-33)12-27-24(31-25)22-23(17-7-8-17)28-15-29-26(22)36-3/h1,5-6,9-13,15,17H,7-8,14H2,2-3H3. The van der Waals surface area contributed by atoms with Crippen molar-refractivity contribution < 1.29 is 9.47 Å². The van der Waals surface area contributed by atoms with Gasteiger partial charge in [0.15, 0.2) is 11.5 Å². The first-order chi connectivity index (χ1) is 17.7. The Bertz CT molecular complexity index is 1610. The van der Waals surface area contributed by atoms with Crippen molar-refractivity contribution in [3.05, 3.63) is 66.0 Å². The number of terminal acetylenes is 1. The van der Waals surface area contributed by atoms with Gasteiger partial charge in [0.05, 0.1) is 43.7 Å². The first-order valence-electron chi connectivity index (χ1n) is 11.5. The Morgan fingerprint density at radius 3 is 2.61 bits per heavy atom. The van der Waals surface area contributed by atoms with Gasteiger partial charge in [-0.2, -0.15) is 14.9 Å². The number of rotatable bonds is 7. The normalized spacial score (nSPS) is 13.0. The molecule has 5 aromatic rings. The molecule has 4 aromatic heterocycles. The number of aromatic nitrogens is 8. The molecule has 178 valence electrons. The summed E-state index contributed by atoms with van der Waals surface area (Å²) in [6, 6.07) is 9.68. The van der Waals surface area contributed by atoms with Gasteiger partial charge in [-0.3, -0.25) is 0 Å². The fourth-order valence-corrected chi connectivity index (χ4v) is 4.20. The van der Waals surface area contributed by atoms with Crippen LogP contribution in [0.15, 0.2) is 49.1 Å². The average Bonchev–Trinajstić information content (AvgIpc) is 3.57. The maximum Gasteiger partial charge on any atom is 0.227 e. The van der Waals surface area contributed by atoms with E-state index >= 15 is 0 Å².